The minimum atomic E-state index is -1.10. The fourth-order valence-corrected chi connectivity index (χ4v) is 0.462. The molecule has 0 bridgehead atoms. The smallest absolute Gasteiger partial charge is 0.409 e. The molecule has 0 atom stereocenters. The van der Waals surface area contributed by atoms with Crippen molar-refractivity contribution in [2.45, 2.75) is 6.92 Å². The summed E-state index contributed by atoms with van der Waals surface area (Å²) in [6.07, 6.45) is 5.81. The number of carboxylic acid groups (broad SMARTS) is 1. The number of rotatable bonds is 3. The van der Waals surface area contributed by atoms with Crippen LogP contribution in [0, 0.1) is 0 Å². The van der Waals surface area contributed by atoms with E-state index in [-0.39, 0.29) is 0 Å². The molecule has 0 aromatic carbocycles. The van der Waals surface area contributed by atoms with Crippen molar-refractivity contribution in [2.75, 3.05) is 0 Å². The Balaban J connectivity index is 3.78. The van der Waals surface area contributed by atoms with Crippen LogP contribution < -0.4 is 5.32 Å². The maximum Gasteiger partial charge on any atom is 0.409 e. The average molecular weight is 153 g/mol. The van der Waals surface area contributed by atoms with Gasteiger partial charge in [0.25, 0.3) is 0 Å². The van der Waals surface area contributed by atoms with Gasteiger partial charge in [-0.15, -0.1) is 0 Å². The highest BCUT2D eigenvalue weighted by Gasteiger charge is 1.91. The summed E-state index contributed by atoms with van der Waals surface area (Å²) < 4.78 is 0. The highest BCUT2D eigenvalue weighted by Crippen LogP contribution is 1.87. The molecule has 0 aromatic rings. The topological polar surface area (TPSA) is 49.3 Å². The number of nitrogens with one attached hydrogen (secondary N) is 1. The van der Waals surface area contributed by atoms with Crippen LogP contribution in [0.1, 0.15) is 6.92 Å². The average Bonchev–Trinajstić information content (AvgIpc) is 1.86. The molecule has 0 radical (unpaired) electrons. The van der Waals surface area contributed by atoms with Crippen molar-refractivity contribution >= 4 is 6.09 Å². The van der Waals surface area contributed by atoms with Crippen LogP contribution in [0.5, 0.6) is 0 Å². The summed E-state index contributed by atoms with van der Waals surface area (Å²) in [5.74, 6) is 0. The van der Waals surface area contributed by atoms with Gasteiger partial charge in [0.05, 0.1) is 0 Å². The first-order valence-corrected chi connectivity index (χ1v) is 3.15. The Labute approximate surface area is 65.7 Å². The minimum Gasteiger partial charge on any atom is -0.465 e. The van der Waals surface area contributed by atoms with E-state index in [1.807, 2.05) is 13.0 Å². The Morgan fingerprint density at radius 2 is 2.18 bits per heavy atom. The van der Waals surface area contributed by atoms with Crippen LogP contribution in [-0.4, -0.2) is 11.2 Å². The van der Waals surface area contributed by atoms with E-state index < -0.39 is 6.09 Å². The Morgan fingerprint density at radius 1 is 1.55 bits per heavy atom. The zero-order chi connectivity index (χ0) is 8.69. The first kappa shape index (κ1) is 9.49. The predicted molar refractivity (Wildman–Crippen MR) is 44.3 cm³/mol. The molecular weight excluding hydrogens is 142 g/mol. The molecule has 0 spiro atoms. The molecule has 0 saturated heterocycles. The molecule has 0 fully saturated rings. The lowest BCUT2D eigenvalue weighted by atomic mass is 10.4. The lowest BCUT2D eigenvalue weighted by Crippen LogP contribution is -2.17. The van der Waals surface area contributed by atoms with Crippen LogP contribution in [0.4, 0.5) is 4.79 Å². The van der Waals surface area contributed by atoms with E-state index in [1.165, 1.54) is 0 Å². The molecule has 1 amide bonds. The van der Waals surface area contributed by atoms with E-state index in [1.54, 1.807) is 18.2 Å². The molecule has 0 unspecified atom stereocenters. The first-order chi connectivity index (χ1) is 5.16. The van der Waals surface area contributed by atoms with E-state index in [0.29, 0.717) is 5.70 Å². The van der Waals surface area contributed by atoms with E-state index >= 15 is 0 Å². The van der Waals surface area contributed by atoms with E-state index in [2.05, 4.69) is 11.9 Å². The summed E-state index contributed by atoms with van der Waals surface area (Å²) in [6.45, 7) is 5.33. The molecule has 60 valence electrons. The van der Waals surface area contributed by atoms with Crippen molar-refractivity contribution in [1.29, 1.82) is 0 Å². The van der Waals surface area contributed by atoms with E-state index in [9.17, 15) is 4.79 Å². The van der Waals surface area contributed by atoms with Crippen LogP contribution in [0.2, 0.25) is 0 Å². The van der Waals surface area contributed by atoms with E-state index in [0.717, 1.165) is 0 Å². The SMILES string of the molecule is C=C(/C=C\C=C/C)NC(=O)O. The summed E-state index contributed by atoms with van der Waals surface area (Å²) in [5, 5.41) is 10.3. The number of hydrogen-bond acceptors (Lipinski definition) is 1. The molecule has 0 aliphatic heterocycles. The van der Waals surface area contributed by atoms with Gasteiger partial charge in [-0.25, -0.2) is 4.79 Å². The summed E-state index contributed by atoms with van der Waals surface area (Å²) in [5.41, 5.74) is 0.357. The third-order valence-electron chi connectivity index (χ3n) is 0.868. The van der Waals surface area contributed by atoms with Gasteiger partial charge >= 0.3 is 6.09 Å². The summed E-state index contributed by atoms with van der Waals surface area (Å²) in [4.78, 5) is 10.0. The van der Waals surface area contributed by atoms with Crippen LogP contribution in [0.25, 0.3) is 0 Å². The highest BCUT2D eigenvalue weighted by molar-refractivity contribution is 5.67. The molecule has 0 aliphatic rings. The minimum absolute atomic E-state index is 0.357. The molecule has 3 heteroatoms. The second-order valence-corrected chi connectivity index (χ2v) is 1.84. The number of amides is 1. The second-order valence-electron chi connectivity index (χ2n) is 1.84. The maximum atomic E-state index is 10.0. The van der Waals surface area contributed by atoms with Crippen molar-refractivity contribution in [1.82, 2.24) is 5.32 Å². The standard InChI is InChI=1S/C8H11NO2/c1-3-4-5-6-7(2)9-8(10)11/h3-6,9H,2H2,1H3,(H,10,11)/b4-3-,6-5-. The highest BCUT2D eigenvalue weighted by atomic mass is 16.4. The molecule has 3 nitrogen and oxygen atoms in total. The van der Waals surface area contributed by atoms with Gasteiger partial charge < -0.3 is 5.11 Å². The Hall–Kier alpha value is -1.51. The molecule has 0 saturated carbocycles. The summed E-state index contributed by atoms with van der Waals surface area (Å²) in [6, 6.07) is 0. The first-order valence-electron chi connectivity index (χ1n) is 3.15. The Kier molecular flexibility index (Phi) is 4.56. The van der Waals surface area contributed by atoms with Crippen LogP contribution >= 0.6 is 0 Å². The summed E-state index contributed by atoms with van der Waals surface area (Å²) >= 11 is 0. The van der Waals surface area contributed by atoms with Gasteiger partial charge in [0.15, 0.2) is 0 Å². The zero-order valence-corrected chi connectivity index (χ0v) is 6.37. The Bertz CT molecular complexity index is 204. The molecule has 11 heavy (non-hydrogen) atoms. The van der Waals surface area contributed by atoms with Gasteiger partial charge in [-0.1, -0.05) is 24.8 Å². The van der Waals surface area contributed by atoms with Gasteiger partial charge in [-0.05, 0) is 13.0 Å². The van der Waals surface area contributed by atoms with Gasteiger partial charge in [0.1, 0.15) is 0 Å². The van der Waals surface area contributed by atoms with Crippen LogP contribution in [0.15, 0.2) is 36.6 Å². The van der Waals surface area contributed by atoms with E-state index in [4.69, 9.17) is 5.11 Å². The van der Waals surface area contributed by atoms with Gasteiger partial charge in [-0.3, -0.25) is 5.32 Å². The number of allylic oxidation sites excluding steroid dienone is 4. The van der Waals surface area contributed by atoms with Crippen LogP contribution in [-0.2, 0) is 0 Å². The van der Waals surface area contributed by atoms with Gasteiger partial charge in [0, 0.05) is 5.70 Å². The maximum absolute atomic E-state index is 10.0. The molecule has 0 rings (SSSR count). The lowest BCUT2D eigenvalue weighted by Gasteiger charge is -1.95. The lowest BCUT2D eigenvalue weighted by molar-refractivity contribution is 0.198. The number of carbonyl (C=O) groups is 1. The van der Waals surface area contributed by atoms with Crippen molar-refractivity contribution in [3.05, 3.63) is 36.6 Å². The molecule has 2 N–H and O–H groups in total. The van der Waals surface area contributed by atoms with Crippen molar-refractivity contribution < 1.29 is 9.90 Å². The third-order valence-corrected chi connectivity index (χ3v) is 0.868. The van der Waals surface area contributed by atoms with Crippen LogP contribution in [0.3, 0.4) is 0 Å². The predicted octanol–water partition coefficient (Wildman–Crippen LogP) is 1.90. The normalized spacial score (nSPS) is 10.6. The fraction of sp³-hybridized carbons (Fsp3) is 0.125. The monoisotopic (exact) mass is 153 g/mol. The van der Waals surface area contributed by atoms with Crippen molar-refractivity contribution in [3.8, 4) is 0 Å². The fourth-order valence-electron chi connectivity index (χ4n) is 0.462. The Morgan fingerprint density at radius 3 is 2.64 bits per heavy atom. The van der Waals surface area contributed by atoms with Gasteiger partial charge in [0.2, 0.25) is 0 Å². The zero-order valence-electron chi connectivity index (χ0n) is 6.37. The number of hydrogen-bond donors (Lipinski definition) is 2. The molecule has 0 aromatic heterocycles. The summed E-state index contributed by atoms with van der Waals surface area (Å²) in [7, 11) is 0. The largest absolute Gasteiger partial charge is 0.465 e. The van der Waals surface area contributed by atoms with Crippen molar-refractivity contribution in [3.63, 3.8) is 0 Å². The quantitative estimate of drug-likeness (QED) is 0.608. The molecule has 0 heterocycles. The second kappa shape index (κ2) is 5.29. The molecule has 0 aliphatic carbocycles. The van der Waals surface area contributed by atoms with Crippen molar-refractivity contribution in [2.24, 2.45) is 0 Å². The van der Waals surface area contributed by atoms with Gasteiger partial charge in [-0.2, -0.15) is 0 Å². The molecular formula is C8H11NO2. The third kappa shape index (κ3) is 6.37.